The lowest BCUT2D eigenvalue weighted by atomic mass is 9.95. The zero-order valence-electron chi connectivity index (χ0n) is 16.5. The van der Waals surface area contributed by atoms with Crippen LogP contribution >= 0.6 is 11.6 Å². The lowest BCUT2D eigenvalue weighted by Crippen LogP contribution is -2.30. The van der Waals surface area contributed by atoms with Gasteiger partial charge in [-0.3, -0.25) is 9.59 Å². The third-order valence-corrected chi connectivity index (χ3v) is 5.22. The fraction of sp³-hybridized carbons (Fsp3) is 0.304. The minimum atomic E-state index is -0.680. The number of halogens is 1. The van der Waals surface area contributed by atoms with Gasteiger partial charge in [0, 0.05) is 12.1 Å². The molecule has 1 aliphatic rings. The number of unbranched alkanes of at least 4 members (excludes halogenated alkanes) is 1. The van der Waals surface area contributed by atoms with Gasteiger partial charge in [0.1, 0.15) is 11.5 Å². The van der Waals surface area contributed by atoms with Crippen LogP contribution in [-0.2, 0) is 9.59 Å². The number of benzene rings is 2. The van der Waals surface area contributed by atoms with E-state index in [0.717, 1.165) is 18.4 Å². The summed E-state index contributed by atoms with van der Waals surface area (Å²) in [6.45, 7) is 4.71. The van der Waals surface area contributed by atoms with Crippen molar-refractivity contribution in [2.24, 2.45) is 0 Å². The minimum absolute atomic E-state index is 0.0853. The minimum Gasteiger partial charge on any atom is -0.507 e. The molecule has 0 radical (unpaired) electrons. The number of Topliss-reactive ketones (excluding diaryl/α,β-unsaturated/α-hetero) is 1. The van der Waals surface area contributed by atoms with Crippen LogP contribution in [0.25, 0.3) is 5.76 Å². The highest BCUT2D eigenvalue weighted by atomic mass is 35.5. The summed E-state index contributed by atoms with van der Waals surface area (Å²) in [5.74, 6) is -1.09. The van der Waals surface area contributed by atoms with Crippen molar-refractivity contribution in [3.8, 4) is 5.75 Å². The lowest BCUT2D eigenvalue weighted by molar-refractivity contribution is -0.139. The van der Waals surface area contributed by atoms with Crippen molar-refractivity contribution >= 4 is 29.1 Å². The summed E-state index contributed by atoms with van der Waals surface area (Å²) < 4.78 is 5.50. The van der Waals surface area contributed by atoms with Crippen molar-refractivity contribution in [2.75, 3.05) is 13.2 Å². The number of amides is 1. The molecule has 1 atom stereocenters. The van der Waals surface area contributed by atoms with Crippen LogP contribution in [-0.4, -0.2) is 34.8 Å². The number of likely N-dealkylation sites (tertiary alicyclic amines) is 1. The third kappa shape index (κ3) is 4.15. The van der Waals surface area contributed by atoms with Gasteiger partial charge in [-0.2, -0.15) is 0 Å². The summed E-state index contributed by atoms with van der Waals surface area (Å²) >= 11 is 6.14. The number of carbonyl (C=O) groups excluding carboxylic acids is 2. The summed E-state index contributed by atoms with van der Waals surface area (Å²) in [6, 6.07) is 13.5. The maximum absolute atomic E-state index is 12.9. The third-order valence-electron chi connectivity index (χ3n) is 4.91. The quantitative estimate of drug-likeness (QED) is 0.395. The molecule has 5 nitrogen and oxygen atoms in total. The van der Waals surface area contributed by atoms with Crippen LogP contribution in [0.5, 0.6) is 5.75 Å². The van der Waals surface area contributed by atoms with E-state index in [-0.39, 0.29) is 11.3 Å². The van der Waals surface area contributed by atoms with E-state index in [1.54, 1.807) is 23.1 Å². The molecule has 0 spiro atoms. The molecule has 1 heterocycles. The van der Waals surface area contributed by atoms with Gasteiger partial charge in [-0.05, 0) is 37.1 Å². The van der Waals surface area contributed by atoms with Gasteiger partial charge in [-0.1, -0.05) is 55.3 Å². The lowest BCUT2D eigenvalue weighted by Gasteiger charge is -2.25. The van der Waals surface area contributed by atoms with Crippen LogP contribution in [0.15, 0.2) is 54.1 Å². The van der Waals surface area contributed by atoms with E-state index >= 15 is 0 Å². The number of ether oxygens (including phenoxy) is 1. The van der Waals surface area contributed by atoms with E-state index in [4.69, 9.17) is 16.3 Å². The summed E-state index contributed by atoms with van der Waals surface area (Å²) in [6.07, 6.45) is 1.66. The van der Waals surface area contributed by atoms with E-state index < -0.39 is 17.7 Å². The first-order valence-electron chi connectivity index (χ1n) is 9.75. The molecule has 1 fully saturated rings. The van der Waals surface area contributed by atoms with Crippen LogP contribution < -0.4 is 4.74 Å². The Labute approximate surface area is 175 Å². The molecule has 2 aromatic rings. The van der Waals surface area contributed by atoms with E-state index in [2.05, 4.69) is 0 Å². The first-order valence-corrected chi connectivity index (χ1v) is 10.1. The molecule has 1 saturated heterocycles. The smallest absolute Gasteiger partial charge is 0.295 e. The Morgan fingerprint density at radius 2 is 1.86 bits per heavy atom. The van der Waals surface area contributed by atoms with Gasteiger partial charge in [0.25, 0.3) is 11.7 Å². The van der Waals surface area contributed by atoms with E-state index in [9.17, 15) is 14.7 Å². The van der Waals surface area contributed by atoms with Crippen molar-refractivity contribution in [1.82, 2.24) is 4.90 Å². The van der Waals surface area contributed by atoms with E-state index in [1.165, 1.54) is 0 Å². The van der Waals surface area contributed by atoms with Crippen molar-refractivity contribution < 1.29 is 19.4 Å². The highest BCUT2D eigenvalue weighted by Gasteiger charge is 2.45. The molecule has 29 heavy (non-hydrogen) atoms. The monoisotopic (exact) mass is 413 g/mol. The van der Waals surface area contributed by atoms with Crippen molar-refractivity contribution in [3.63, 3.8) is 0 Å². The Kier molecular flexibility index (Phi) is 6.60. The Morgan fingerprint density at radius 1 is 1.14 bits per heavy atom. The molecule has 152 valence electrons. The number of ketones is 1. The molecule has 1 aliphatic heterocycles. The zero-order valence-corrected chi connectivity index (χ0v) is 17.3. The maximum Gasteiger partial charge on any atom is 0.295 e. The molecule has 0 saturated carbocycles. The van der Waals surface area contributed by atoms with Crippen LogP contribution in [0.2, 0.25) is 5.02 Å². The average molecular weight is 414 g/mol. The molecule has 1 amide bonds. The normalized spacial score (nSPS) is 18.3. The largest absolute Gasteiger partial charge is 0.507 e. The Hall–Kier alpha value is -2.79. The number of hydrogen-bond donors (Lipinski definition) is 1. The van der Waals surface area contributed by atoms with Gasteiger partial charge in [0.2, 0.25) is 0 Å². The van der Waals surface area contributed by atoms with Gasteiger partial charge < -0.3 is 14.7 Å². The van der Waals surface area contributed by atoms with Gasteiger partial charge >= 0.3 is 0 Å². The molecule has 0 bridgehead atoms. The molecular weight excluding hydrogens is 390 g/mol. The summed E-state index contributed by atoms with van der Waals surface area (Å²) in [5, 5.41) is 11.5. The molecule has 1 N–H and O–H groups in total. The average Bonchev–Trinajstić information content (AvgIpc) is 2.98. The molecular formula is C23H24ClNO4. The predicted octanol–water partition coefficient (Wildman–Crippen LogP) is 4.96. The topological polar surface area (TPSA) is 66.8 Å². The maximum atomic E-state index is 12.9. The Morgan fingerprint density at radius 3 is 2.52 bits per heavy atom. The van der Waals surface area contributed by atoms with Crippen molar-refractivity contribution in [3.05, 3.63) is 70.3 Å². The van der Waals surface area contributed by atoms with Gasteiger partial charge in [0.15, 0.2) is 0 Å². The number of rotatable bonds is 7. The number of nitrogens with zero attached hydrogens (tertiary/aromatic N) is 1. The second kappa shape index (κ2) is 9.14. The molecule has 6 heteroatoms. The molecule has 2 aromatic carbocycles. The Balaban J connectivity index is 2.14. The van der Waals surface area contributed by atoms with Gasteiger partial charge in [-0.15, -0.1) is 0 Å². The number of carbonyl (C=O) groups is 2. The van der Waals surface area contributed by atoms with Gasteiger partial charge in [-0.25, -0.2) is 0 Å². The highest BCUT2D eigenvalue weighted by molar-refractivity contribution is 6.46. The molecule has 0 aliphatic carbocycles. The highest BCUT2D eigenvalue weighted by Crippen LogP contribution is 2.40. The summed E-state index contributed by atoms with van der Waals surface area (Å²) in [5.41, 5.74) is 1.25. The first-order chi connectivity index (χ1) is 14.0. The summed E-state index contributed by atoms with van der Waals surface area (Å²) in [4.78, 5) is 27.2. The zero-order chi connectivity index (χ0) is 21.0. The fourth-order valence-corrected chi connectivity index (χ4v) is 3.67. The Bertz CT molecular complexity index is 939. The van der Waals surface area contributed by atoms with E-state index in [0.29, 0.717) is 29.5 Å². The van der Waals surface area contributed by atoms with Crippen LogP contribution in [0.4, 0.5) is 0 Å². The molecule has 0 aromatic heterocycles. The number of aliphatic hydroxyl groups excluding tert-OH is 1. The van der Waals surface area contributed by atoms with Crippen LogP contribution in [0.3, 0.4) is 0 Å². The summed E-state index contributed by atoms with van der Waals surface area (Å²) in [7, 11) is 0. The van der Waals surface area contributed by atoms with Crippen molar-refractivity contribution in [1.29, 1.82) is 0 Å². The molecule has 3 rings (SSSR count). The van der Waals surface area contributed by atoms with Crippen LogP contribution in [0, 0.1) is 0 Å². The fourth-order valence-electron chi connectivity index (χ4n) is 3.49. The first kappa shape index (κ1) is 20.9. The second-order valence-electron chi connectivity index (χ2n) is 6.83. The predicted molar refractivity (Wildman–Crippen MR) is 113 cm³/mol. The number of hydrogen-bond acceptors (Lipinski definition) is 4. The SMILES string of the molecule is CCCCN1C(=O)C(=O)/C(=C(\O)c2ccc(Cl)c(OCC)c2)C1c1ccccc1. The van der Waals surface area contributed by atoms with Crippen molar-refractivity contribution in [2.45, 2.75) is 32.7 Å². The number of aliphatic hydroxyl groups is 1. The van der Waals surface area contributed by atoms with E-state index in [1.807, 2.05) is 44.2 Å². The standard InChI is InChI=1S/C23H24ClNO4/c1-3-5-13-25-20(15-9-7-6-8-10-15)19(22(27)23(25)28)21(26)16-11-12-17(24)18(14-16)29-4-2/h6-12,14,20,26H,3-5,13H2,1-2H3/b21-19-. The molecule has 1 unspecified atom stereocenters. The second-order valence-corrected chi connectivity index (χ2v) is 7.24. The van der Waals surface area contributed by atoms with Crippen LogP contribution in [0.1, 0.15) is 43.9 Å². The van der Waals surface area contributed by atoms with Gasteiger partial charge in [0.05, 0.1) is 23.2 Å².